The number of rotatable bonds is 11. The average molecular weight is 901 g/mol. The smallest absolute Gasteiger partial charge is 0.408 e. The van der Waals surface area contributed by atoms with Crippen LogP contribution < -0.4 is 21.7 Å². The number of ether oxygens (including phenoxy) is 3. The van der Waals surface area contributed by atoms with Crippen LogP contribution in [0, 0.1) is 47.4 Å². The maximum atomic E-state index is 13.1. The Morgan fingerprint density at radius 3 is 1.52 bits per heavy atom. The summed E-state index contributed by atoms with van der Waals surface area (Å²) in [6.45, 7) is 12.1. The Labute approximate surface area is 375 Å². The Bertz CT molecular complexity index is 2490. The molecule has 0 spiro atoms. The van der Waals surface area contributed by atoms with Crippen molar-refractivity contribution in [2.24, 2.45) is 29.4 Å². The number of nitrogens with two attached hydrogens (primary N) is 1. The lowest BCUT2D eigenvalue weighted by Gasteiger charge is -2.34. The van der Waals surface area contributed by atoms with Gasteiger partial charge in [-0.15, -0.1) is 22.7 Å². The van der Waals surface area contributed by atoms with Gasteiger partial charge in [0.15, 0.2) is 0 Å². The second-order valence-electron chi connectivity index (χ2n) is 17.9. The van der Waals surface area contributed by atoms with Crippen LogP contribution in [0.25, 0.3) is 20.2 Å². The number of thiophene rings is 2. The fourth-order valence-electron chi connectivity index (χ4n) is 6.41. The molecule has 0 saturated heterocycles. The van der Waals surface area contributed by atoms with Gasteiger partial charge in [-0.25, -0.2) is 14.4 Å². The van der Waals surface area contributed by atoms with Crippen molar-refractivity contribution < 1.29 is 48.4 Å². The molecule has 6 rings (SSSR count). The van der Waals surface area contributed by atoms with Crippen LogP contribution in [0.5, 0.6) is 0 Å². The van der Waals surface area contributed by atoms with E-state index in [9.17, 15) is 24.0 Å². The molecular formula is C47H56N4O10S2. The number of methoxy groups -OCH3 is 2. The standard InChI is InChI=1S/C26H32N2O6S.C21H24N2O4S/c1-25(2,3)34-24(32)28-26(4,5)21(23(31)33-6)27-22(30)20-13-17-10-8-15(11-19(17)35-20)7-9-16-12-18(16)14-29;1-21(2,22)18(20(26)27-3)23-19(25)17-10-14-7-5-12(8-16(14)28-17)4-6-13-9-15(13)11-24/h8,10-11,13,16,18,21,29H,12,14H2,1-6H3,(H,27,30)(H,28,32);5,7-8,10,13,15,18,24H,9,11,22H2,1-3H3,(H,23,25)/t16-,18?,21-;13-,15?,18-/m11/s1. The molecule has 6 atom stereocenters. The maximum absolute atomic E-state index is 13.1. The molecular weight excluding hydrogens is 845 g/mol. The first-order chi connectivity index (χ1) is 29.5. The minimum Gasteiger partial charge on any atom is -0.467 e. The van der Waals surface area contributed by atoms with Crippen molar-refractivity contribution in [1.82, 2.24) is 16.0 Å². The summed E-state index contributed by atoms with van der Waals surface area (Å²) in [7, 11) is 2.48. The number of aliphatic hydroxyl groups excluding tert-OH is 2. The number of fused-ring (bicyclic) bond motifs is 2. The molecule has 2 aromatic carbocycles. The fraction of sp³-hybridized carbons (Fsp3) is 0.468. The van der Waals surface area contributed by atoms with Crippen LogP contribution >= 0.6 is 22.7 Å². The third-order valence-electron chi connectivity index (χ3n) is 10.3. The van der Waals surface area contributed by atoms with Gasteiger partial charge in [0.1, 0.15) is 17.7 Å². The van der Waals surface area contributed by atoms with Gasteiger partial charge in [0.2, 0.25) is 0 Å². The minimum atomic E-state index is -1.19. The van der Waals surface area contributed by atoms with E-state index in [0.29, 0.717) is 15.7 Å². The predicted molar refractivity (Wildman–Crippen MR) is 243 cm³/mol. The van der Waals surface area contributed by atoms with Crippen LogP contribution in [0.1, 0.15) is 91.8 Å². The number of esters is 2. The summed E-state index contributed by atoms with van der Waals surface area (Å²) in [6, 6.07) is 12.9. The minimum absolute atomic E-state index is 0.165. The first-order valence-electron chi connectivity index (χ1n) is 20.4. The molecule has 7 N–H and O–H groups in total. The third kappa shape index (κ3) is 13.3. The Kier molecular flexibility index (Phi) is 15.3. The third-order valence-corrected chi connectivity index (χ3v) is 12.5. The van der Waals surface area contributed by atoms with E-state index in [1.54, 1.807) is 60.6 Å². The summed E-state index contributed by atoms with van der Waals surface area (Å²) in [6.07, 6.45) is 1.17. The molecule has 3 amide bonds. The second kappa shape index (κ2) is 19.9. The summed E-state index contributed by atoms with van der Waals surface area (Å²) in [4.78, 5) is 63.4. The van der Waals surface area contributed by atoms with E-state index >= 15 is 0 Å². The number of hydrogen-bond acceptors (Lipinski definition) is 13. The number of alkyl carbamates (subject to hydrolysis) is 1. The van der Waals surface area contributed by atoms with Crippen LogP contribution in [0.3, 0.4) is 0 Å². The number of aliphatic hydroxyl groups is 2. The second-order valence-corrected chi connectivity index (χ2v) is 20.0. The largest absolute Gasteiger partial charge is 0.467 e. The van der Waals surface area contributed by atoms with Crippen molar-refractivity contribution >= 4 is 72.7 Å². The number of carbonyl (C=O) groups excluding carboxylic acids is 5. The predicted octanol–water partition coefficient (Wildman–Crippen LogP) is 5.35. The van der Waals surface area contributed by atoms with Crippen LogP contribution in [0.15, 0.2) is 48.5 Å². The molecule has 336 valence electrons. The van der Waals surface area contributed by atoms with Gasteiger partial charge in [-0.3, -0.25) is 9.59 Å². The zero-order chi connectivity index (χ0) is 46.4. The topological polar surface area (TPSA) is 216 Å². The van der Waals surface area contributed by atoms with Crippen molar-refractivity contribution in [2.45, 2.75) is 90.1 Å². The van der Waals surface area contributed by atoms with Gasteiger partial charge in [-0.05, 0) is 120 Å². The summed E-state index contributed by atoms with van der Waals surface area (Å²) >= 11 is 2.62. The molecule has 2 aromatic heterocycles. The van der Waals surface area contributed by atoms with E-state index in [1.807, 2.05) is 36.4 Å². The van der Waals surface area contributed by atoms with Gasteiger partial charge >= 0.3 is 18.0 Å². The number of benzene rings is 2. The van der Waals surface area contributed by atoms with Crippen molar-refractivity contribution in [3.05, 3.63) is 69.4 Å². The molecule has 0 aliphatic heterocycles. The van der Waals surface area contributed by atoms with Crippen molar-refractivity contribution in [2.75, 3.05) is 27.4 Å². The highest BCUT2D eigenvalue weighted by Gasteiger charge is 2.40. The SMILES string of the molecule is COC(=O)[C@@H](NC(=O)c1cc2ccc(C#C[C@@H]3CC3CO)cc2s1)C(C)(C)N.COC(=O)[C@@H](NC(=O)c1cc2ccc(C#C[C@@H]3CC3CO)cc2s1)C(C)(C)NC(=O)OC(C)(C)C. The first kappa shape index (κ1) is 48.5. The van der Waals surface area contributed by atoms with Gasteiger partial charge in [-0.2, -0.15) is 0 Å². The zero-order valence-electron chi connectivity index (χ0n) is 37.0. The van der Waals surface area contributed by atoms with Gasteiger partial charge in [0.05, 0.1) is 29.5 Å². The molecule has 2 aliphatic carbocycles. The Morgan fingerprint density at radius 2 is 1.14 bits per heavy atom. The fourth-order valence-corrected chi connectivity index (χ4v) is 8.42. The Balaban J connectivity index is 0.000000243. The van der Waals surface area contributed by atoms with Crippen LogP contribution in [-0.4, -0.2) is 96.3 Å². The van der Waals surface area contributed by atoms with E-state index in [2.05, 4.69) is 39.6 Å². The molecule has 2 fully saturated rings. The molecule has 14 nitrogen and oxygen atoms in total. The lowest BCUT2D eigenvalue weighted by atomic mass is 9.94. The van der Waals surface area contributed by atoms with Crippen molar-refractivity contribution in [1.29, 1.82) is 0 Å². The van der Waals surface area contributed by atoms with E-state index in [1.165, 1.54) is 36.9 Å². The maximum Gasteiger partial charge on any atom is 0.408 e. The quantitative estimate of drug-likeness (QED) is 0.0642. The van der Waals surface area contributed by atoms with Gasteiger partial charge in [0, 0.05) is 51.1 Å². The molecule has 2 heterocycles. The van der Waals surface area contributed by atoms with Crippen molar-refractivity contribution in [3.8, 4) is 23.7 Å². The van der Waals surface area contributed by atoms with Crippen LogP contribution in [-0.2, 0) is 23.8 Å². The normalized spacial score (nSPS) is 18.7. The highest BCUT2D eigenvalue weighted by molar-refractivity contribution is 7.21. The average Bonchev–Trinajstić information content (AvgIpc) is 4.07. The van der Waals surface area contributed by atoms with Gasteiger partial charge in [0.25, 0.3) is 11.8 Å². The molecule has 2 saturated carbocycles. The monoisotopic (exact) mass is 900 g/mol. The molecule has 16 heteroatoms. The Morgan fingerprint density at radius 1 is 0.714 bits per heavy atom. The van der Waals surface area contributed by atoms with E-state index in [4.69, 9.17) is 30.2 Å². The highest BCUT2D eigenvalue weighted by atomic mass is 32.1. The van der Waals surface area contributed by atoms with E-state index in [-0.39, 0.29) is 36.9 Å². The molecule has 2 unspecified atom stereocenters. The number of amides is 3. The van der Waals surface area contributed by atoms with E-state index < -0.39 is 52.7 Å². The van der Waals surface area contributed by atoms with Crippen molar-refractivity contribution in [3.63, 3.8) is 0 Å². The number of hydrogen-bond donors (Lipinski definition) is 6. The first-order valence-corrected chi connectivity index (χ1v) is 22.1. The molecule has 0 bridgehead atoms. The van der Waals surface area contributed by atoms with Crippen LogP contribution in [0.2, 0.25) is 0 Å². The highest BCUT2D eigenvalue weighted by Crippen LogP contribution is 2.38. The number of carbonyl (C=O) groups is 5. The zero-order valence-corrected chi connectivity index (χ0v) is 38.6. The van der Waals surface area contributed by atoms with Gasteiger partial charge < -0.3 is 46.1 Å². The lowest BCUT2D eigenvalue weighted by molar-refractivity contribution is -0.145. The van der Waals surface area contributed by atoms with E-state index in [0.717, 1.165) is 44.1 Å². The summed E-state index contributed by atoms with van der Waals surface area (Å²) in [5.41, 5.74) is 4.86. The molecule has 4 aromatic rings. The summed E-state index contributed by atoms with van der Waals surface area (Å²) in [5.74, 6) is 11.6. The van der Waals surface area contributed by atoms with Crippen LogP contribution in [0.4, 0.5) is 4.79 Å². The summed E-state index contributed by atoms with van der Waals surface area (Å²) in [5, 5.41) is 28.1. The molecule has 0 radical (unpaired) electrons. The Hall–Kier alpha value is -5.49. The van der Waals surface area contributed by atoms with Gasteiger partial charge in [-0.1, -0.05) is 35.8 Å². The summed E-state index contributed by atoms with van der Waals surface area (Å²) < 4.78 is 16.8. The lowest BCUT2D eigenvalue weighted by Crippen LogP contribution is -2.62. The molecule has 63 heavy (non-hydrogen) atoms. The number of nitrogens with one attached hydrogen (secondary N) is 3. The molecule has 2 aliphatic rings.